The van der Waals surface area contributed by atoms with Crippen molar-refractivity contribution in [2.24, 2.45) is 0 Å². The Morgan fingerprint density at radius 2 is 1.85 bits per heavy atom. The summed E-state index contributed by atoms with van der Waals surface area (Å²) >= 11 is 1.70. The molecule has 1 saturated heterocycles. The third-order valence-corrected chi connectivity index (χ3v) is 5.57. The quantitative estimate of drug-likeness (QED) is 0.421. The number of thioether (sulfide) groups is 1. The van der Waals surface area contributed by atoms with Crippen LogP contribution in [-0.2, 0) is 14.0 Å². The molecule has 1 aromatic rings. The zero-order chi connectivity index (χ0) is 24.9. The number of allylic oxidation sites excluding steroid dienone is 2. The van der Waals surface area contributed by atoms with Crippen LogP contribution in [0.15, 0.2) is 34.4 Å². The minimum atomic E-state index is -0.719. The molecule has 0 aromatic carbocycles. The fraction of sp³-hybridized carbons (Fsp3) is 0.591. The van der Waals surface area contributed by atoms with Gasteiger partial charge >= 0.3 is 19.2 Å². The van der Waals surface area contributed by atoms with Crippen molar-refractivity contribution in [1.82, 2.24) is 10.3 Å². The van der Waals surface area contributed by atoms with Gasteiger partial charge in [-0.2, -0.15) is 16.7 Å². The van der Waals surface area contributed by atoms with Crippen LogP contribution in [0.1, 0.15) is 59.0 Å². The summed E-state index contributed by atoms with van der Waals surface area (Å²) in [5.41, 5.74) is -0.750. The SMILES string of the molecule is CSC/C=C\C(=C/CNC(=O)c1coc(NC(=O)OC(C)(C)C)n1)B1OC(C)(C)C(C)(C)O1. The molecule has 2 heterocycles. The molecule has 0 atom stereocenters. The van der Waals surface area contributed by atoms with Crippen molar-refractivity contribution in [3.05, 3.63) is 35.7 Å². The summed E-state index contributed by atoms with van der Waals surface area (Å²) in [6.45, 7) is 13.4. The van der Waals surface area contributed by atoms with Crippen molar-refractivity contribution in [3.63, 3.8) is 0 Å². The molecule has 182 valence electrons. The molecule has 1 aromatic heterocycles. The van der Waals surface area contributed by atoms with Crippen LogP contribution in [0.4, 0.5) is 10.8 Å². The maximum atomic E-state index is 12.5. The molecular formula is C22H34BN3O6S. The van der Waals surface area contributed by atoms with Crippen molar-refractivity contribution in [2.45, 2.75) is 65.3 Å². The number of aromatic nitrogens is 1. The Bertz CT molecular complexity index is 888. The van der Waals surface area contributed by atoms with E-state index in [-0.39, 0.29) is 18.3 Å². The molecule has 2 amide bonds. The number of carbonyl (C=O) groups excluding carboxylic acids is 2. The average Bonchev–Trinajstić information content (AvgIpc) is 3.20. The zero-order valence-corrected chi connectivity index (χ0v) is 21.4. The third-order valence-electron chi connectivity index (χ3n) is 5.04. The van der Waals surface area contributed by atoms with Crippen LogP contribution in [-0.4, -0.2) is 59.5 Å². The van der Waals surface area contributed by atoms with Crippen LogP contribution < -0.4 is 10.6 Å². The summed E-state index contributed by atoms with van der Waals surface area (Å²) in [7, 11) is -0.540. The number of hydrogen-bond acceptors (Lipinski definition) is 8. The number of hydrogen-bond donors (Lipinski definition) is 2. The maximum Gasteiger partial charge on any atom is 0.494 e. The highest BCUT2D eigenvalue weighted by atomic mass is 32.2. The fourth-order valence-electron chi connectivity index (χ4n) is 2.68. The molecule has 0 bridgehead atoms. The van der Waals surface area contributed by atoms with Gasteiger partial charge in [0.15, 0.2) is 5.69 Å². The highest BCUT2D eigenvalue weighted by Gasteiger charge is 2.51. The molecule has 0 aliphatic carbocycles. The topological polar surface area (TPSA) is 112 Å². The second-order valence-electron chi connectivity index (χ2n) is 9.52. The molecule has 0 radical (unpaired) electrons. The Kier molecular flexibility index (Phi) is 8.84. The lowest BCUT2D eigenvalue weighted by molar-refractivity contribution is 0.00578. The summed E-state index contributed by atoms with van der Waals surface area (Å²) < 4.78 is 22.5. The monoisotopic (exact) mass is 479 g/mol. The molecule has 1 aliphatic rings. The Balaban J connectivity index is 2.01. The van der Waals surface area contributed by atoms with Gasteiger partial charge in [-0.15, -0.1) is 0 Å². The number of amides is 2. The number of rotatable bonds is 8. The van der Waals surface area contributed by atoms with E-state index in [4.69, 9.17) is 18.5 Å². The van der Waals surface area contributed by atoms with Gasteiger partial charge in [0.2, 0.25) is 0 Å². The number of ether oxygens (including phenoxy) is 1. The minimum absolute atomic E-state index is 0.0320. The van der Waals surface area contributed by atoms with E-state index >= 15 is 0 Å². The zero-order valence-electron chi connectivity index (χ0n) is 20.6. The van der Waals surface area contributed by atoms with E-state index in [0.717, 1.165) is 11.2 Å². The summed E-state index contributed by atoms with van der Waals surface area (Å²) in [6.07, 6.45) is 8.28. The van der Waals surface area contributed by atoms with Crippen LogP contribution in [0.5, 0.6) is 0 Å². The molecule has 1 fully saturated rings. The first kappa shape index (κ1) is 27.0. The van der Waals surface area contributed by atoms with Gasteiger partial charge in [0.25, 0.3) is 5.91 Å². The molecule has 0 spiro atoms. The first-order valence-electron chi connectivity index (χ1n) is 10.7. The second kappa shape index (κ2) is 10.8. The predicted molar refractivity (Wildman–Crippen MR) is 130 cm³/mol. The maximum absolute atomic E-state index is 12.5. The number of oxazole rings is 1. The molecule has 1 aliphatic heterocycles. The molecule has 0 saturated carbocycles. The average molecular weight is 479 g/mol. The minimum Gasteiger partial charge on any atom is -0.443 e. The first-order chi connectivity index (χ1) is 15.2. The van der Waals surface area contributed by atoms with Crippen molar-refractivity contribution in [3.8, 4) is 0 Å². The van der Waals surface area contributed by atoms with Crippen molar-refractivity contribution in [2.75, 3.05) is 23.9 Å². The summed E-state index contributed by atoms with van der Waals surface area (Å²) in [5, 5.41) is 5.11. The molecule has 9 nitrogen and oxygen atoms in total. The van der Waals surface area contributed by atoms with E-state index in [0.29, 0.717) is 0 Å². The van der Waals surface area contributed by atoms with Crippen molar-refractivity contribution >= 4 is 36.9 Å². The second-order valence-corrected chi connectivity index (χ2v) is 10.4. The smallest absolute Gasteiger partial charge is 0.443 e. The van der Waals surface area contributed by atoms with Gasteiger partial charge < -0.3 is 23.8 Å². The van der Waals surface area contributed by atoms with E-state index in [1.54, 1.807) is 32.5 Å². The molecule has 2 rings (SSSR count). The lowest BCUT2D eigenvalue weighted by Gasteiger charge is -2.32. The Morgan fingerprint density at radius 3 is 2.42 bits per heavy atom. The van der Waals surface area contributed by atoms with Crippen LogP contribution in [0.2, 0.25) is 0 Å². The Labute approximate surface area is 200 Å². The number of anilines is 1. The summed E-state index contributed by atoms with van der Waals surface area (Å²) in [4.78, 5) is 28.2. The number of nitrogens with zero attached hydrogens (tertiary/aromatic N) is 1. The van der Waals surface area contributed by atoms with E-state index in [1.165, 1.54) is 6.26 Å². The van der Waals surface area contributed by atoms with Crippen LogP contribution in [0.25, 0.3) is 0 Å². The normalized spacial score (nSPS) is 17.9. The molecule has 2 N–H and O–H groups in total. The summed E-state index contributed by atoms with van der Waals surface area (Å²) in [5.74, 6) is 0.392. The van der Waals surface area contributed by atoms with Gasteiger partial charge in [-0.05, 0) is 60.2 Å². The van der Waals surface area contributed by atoms with Gasteiger partial charge in [0, 0.05) is 12.3 Å². The van der Waals surface area contributed by atoms with Gasteiger partial charge in [-0.25, -0.2) is 10.1 Å². The lowest BCUT2D eigenvalue weighted by atomic mass is 9.77. The van der Waals surface area contributed by atoms with Crippen molar-refractivity contribution < 1.29 is 28.1 Å². The Hall–Kier alpha value is -2.24. The Morgan fingerprint density at radius 1 is 1.21 bits per heavy atom. The van der Waals surface area contributed by atoms with E-state index < -0.39 is 35.9 Å². The number of nitrogens with one attached hydrogen (secondary N) is 2. The van der Waals surface area contributed by atoms with Gasteiger partial charge in [-0.1, -0.05) is 18.2 Å². The van der Waals surface area contributed by atoms with Gasteiger partial charge in [0.1, 0.15) is 11.9 Å². The first-order valence-corrected chi connectivity index (χ1v) is 12.1. The predicted octanol–water partition coefficient (Wildman–Crippen LogP) is 4.23. The molecular weight excluding hydrogens is 445 g/mol. The van der Waals surface area contributed by atoms with Crippen LogP contribution >= 0.6 is 11.8 Å². The van der Waals surface area contributed by atoms with E-state index in [9.17, 15) is 9.59 Å². The molecule has 11 heteroatoms. The van der Waals surface area contributed by atoms with E-state index in [1.807, 2.05) is 52.2 Å². The summed E-state index contributed by atoms with van der Waals surface area (Å²) in [6, 6.07) is -0.122. The van der Waals surface area contributed by atoms with E-state index in [2.05, 4.69) is 15.6 Å². The standard InChI is InChI=1S/C22H34BN3O6S/c1-20(2,3)30-19(28)26-18-25-16(14-29-18)17(27)24-12-11-15(10-9-13-33-8)23-31-21(4,5)22(6,7)32-23/h9-11,14H,12-13H2,1-8H3,(H,24,27)(H,25,26,28)/b10-9-,15-11+. The van der Waals surface area contributed by atoms with Gasteiger partial charge in [0.05, 0.1) is 11.2 Å². The van der Waals surface area contributed by atoms with Crippen LogP contribution in [0, 0.1) is 0 Å². The van der Waals surface area contributed by atoms with Gasteiger partial charge in [-0.3, -0.25) is 4.79 Å². The lowest BCUT2D eigenvalue weighted by Crippen LogP contribution is -2.41. The molecule has 0 unspecified atom stereocenters. The molecule has 33 heavy (non-hydrogen) atoms. The highest BCUT2D eigenvalue weighted by Crippen LogP contribution is 2.38. The van der Waals surface area contributed by atoms with Crippen LogP contribution in [0.3, 0.4) is 0 Å². The largest absolute Gasteiger partial charge is 0.494 e. The third kappa shape index (κ3) is 7.94. The van der Waals surface area contributed by atoms with Crippen molar-refractivity contribution in [1.29, 1.82) is 0 Å². The fourth-order valence-corrected chi connectivity index (χ4v) is 2.97. The number of carbonyl (C=O) groups is 2. The highest BCUT2D eigenvalue weighted by molar-refractivity contribution is 7.98.